The summed E-state index contributed by atoms with van der Waals surface area (Å²) in [7, 11) is 0. The van der Waals surface area contributed by atoms with Gasteiger partial charge in [-0.1, -0.05) is 42.0 Å². The Hall–Kier alpha value is -3.25. The number of nitrogens with zero attached hydrogens (tertiary/aromatic N) is 1. The molecule has 0 N–H and O–H groups in total. The fourth-order valence-electron chi connectivity index (χ4n) is 3.28. The molecule has 2 rings (SSSR count). The van der Waals surface area contributed by atoms with E-state index in [4.69, 9.17) is 50.3 Å². The summed E-state index contributed by atoms with van der Waals surface area (Å²) in [5.41, 5.74) is 2.55. The van der Waals surface area contributed by atoms with Gasteiger partial charge in [-0.15, -0.1) is 12.8 Å². The van der Waals surface area contributed by atoms with E-state index in [1.165, 1.54) is 4.90 Å². The number of benzene rings is 2. The van der Waals surface area contributed by atoms with E-state index in [0.29, 0.717) is 37.6 Å². The highest BCUT2D eigenvalue weighted by Crippen LogP contribution is 2.30. The Morgan fingerprint density at radius 3 is 2.26 bits per heavy atom. The normalized spacial score (nSPS) is 10.0. The van der Waals surface area contributed by atoms with Crippen LogP contribution in [0.4, 0.5) is 0 Å². The molecule has 0 aliphatic heterocycles. The smallest absolute Gasteiger partial charge is 0.255 e. The highest BCUT2D eigenvalue weighted by atomic mass is 35.5. The first kappa shape index (κ1) is 28.0. The molecule has 2 aromatic carbocycles. The molecule has 2 aromatic rings. The zero-order valence-corrected chi connectivity index (χ0v) is 21.5. The number of carbonyl (C=O) groups excluding carboxylic acids is 1. The molecule has 5 nitrogen and oxygen atoms in total. The second-order valence-corrected chi connectivity index (χ2v) is 8.54. The van der Waals surface area contributed by atoms with Gasteiger partial charge in [0.2, 0.25) is 0 Å². The molecule has 7 heteroatoms. The van der Waals surface area contributed by atoms with Crippen LogP contribution in [0.15, 0.2) is 47.0 Å². The quantitative estimate of drug-likeness (QED) is 0.250. The van der Waals surface area contributed by atoms with Crippen LogP contribution in [0.2, 0.25) is 0 Å². The number of hydrogen-bond donors (Lipinski definition) is 0. The Labute approximate surface area is 218 Å². The number of carbonyl (C=O) groups is 1. The van der Waals surface area contributed by atoms with Gasteiger partial charge in [-0.2, -0.15) is 0 Å². The molecule has 0 saturated heterocycles. The molecule has 35 heavy (non-hydrogen) atoms. The van der Waals surface area contributed by atoms with Crippen molar-refractivity contribution in [2.75, 3.05) is 32.9 Å². The molecule has 184 valence electrons. The van der Waals surface area contributed by atoms with Crippen LogP contribution >= 0.6 is 23.2 Å². The zero-order valence-electron chi connectivity index (χ0n) is 20.0. The van der Waals surface area contributed by atoms with Crippen molar-refractivity contribution in [3.05, 3.63) is 63.7 Å². The lowest BCUT2D eigenvalue weighted by Crippen LogP contribution is -2.31. The molecule has 0 radical (unpaired) electrons. The lowest BCUT2D eigenvalue weighted by atomic mass is 10.1. The molecule has 0 aliphatic rings. The molecule has 0 fully saturated rings. The molecular weight excluding hydrogens is 485 g/mol. The lowest BCUT2D eigenvalue weighted by molar-refractivity contribution is 0.0796. The summed E-state index contributed by atoms with van der Waals surface area (Å²) in [6.45, 7) is 5.65. The van der Waals surface area contributed by atoms with Crippen molar-refractivity contribution < 1.29 is 19.0 Å². The number of hydrogen-bond acceptors (Lipinski definition) is 4. The molecule has 0 bridgehead atoms. The second kappa shape index (κ2) is 14.9. The third-order valence-corrected chi connectivity index (χ3v) is 5.26. The predicted octanol–water partition coefficient (Wildman–Crippen LogP) is 5.81. The summed E-state index contributed by atoms with van der Waals surface area (Å²) in [6, 6.07) is 10.8. The topological polar surface area (TPSA) is 48.0 Å². The van der Waals surface area contributed by atoms with Crippen molar-refractivity contribution in [1.29, 1.82) is 0 Å². The van der Waals surface area contributed by atoms with Gasteiger partial charge >= 0.3 is 0 Å². The van der Waals surface area contributed by atoms with Gasteiger partial charge in [0.1, 0.15) is 28.3 Å². The Bertz CT molecular complexity index is 1080. The van der Waals surface area contributed by atoms with Crippen molar-refractivity contribution >= 4 is 29.1 Å². The van der Waals surface area contributed by atoms with E-state index in [0.717, 1.165) is 29.0 Å². The van der Waals surface area contributed by atoms with E-state index in [1.54, 1.807) is 30.3 Å². The van der Waals surface area contributed by atoms with E-state index >= 15 is 0 Å². The first-order valence-electron chi connectivity index (χ1n) is 11.2. The van der Waals surface area contributed by atoms with Crippen molar-refractivity contribution in [3.63, 3.8) is 0 Å². The van der Waals surface area contributed by atoms with Gasteiger partial charge in [-0.05, 0) is 66.9 Å². The highest BCUT2D eigenvalue weighted by Gasteiger charge is 2.14. The lowest BCUT2D eigenvalue weighted by Gasteiger charge is -2.17. The monoisotopic (exact) mass is 513 g/mol. The summed E-state index contributed by atoms with van der Waals surface area (Å²) in [5.74, 6) is 6.95. The van der Waals surface area contributed by atoms with Crippen molar-refractivity contribution in [2.24, 2.45) is 0 Å². The van der Waals surface area contributed by atoms with E-state index in [2.05, 4.69) is 18.8 Å². The molecule has 0 unspecified atom stereocenters. The third kappa shape index (κ3) is 9.13. The summed E-state index contributed by atoms with van der Waals surface area (Å²) in [5, 5.41) is 0. The van der Waals surface area contributed by atoms with Gasteiger partial charge in [-0.25, -0.2) is 0 Å². The van der Waals surface area contributed by atoms with Gasteiger partial charge in [0.15, 0.2) is 0 Å². The molecule has 0 heterocycles. The van der Waals surface area contributed by atoms with E-state index in [-0.39, 0.29) is 23.5 Å². The predicted molar refractivity (Wildman–Crippen MR) is 141 cm³/mol. The summed E-state index contributed by atoms with van der Waals surface area (Å²) < 4.78 is 17.7. The highest BCUT2D eigenvalue weighted by molar-refractivity contribution is 6.55. The van der Waals surface area contributed by atoms with Crippen LogP contribution in [0.5, 0.6) is 17.2 Å². The minimum Gasteiger partial charge on any atom is -0.493 e. The van der Waals surface area contributed by atoms with Crippen molar-refractivity contribution in [2.45, 2.75) is 26.7 Å². The Morgan fingerprint density at radius 2 is 1.66 bits per heavy atom. The average molecular weight is 514 g/mol. The van der Waals surface area contributed by atoms with Crippen LogP contribution in [-0.2, 0) is 6.42 Å². The zero-order chi connectivity index (χ0) is 25.6. The van der Waals surface area contributed by atoms with Crippen LogP contribution in [0.3, 0.4) is 0 Å². The number of rotatable bonds is 13. The van der Waals surface area contributed by atoms with Crippen molar-refractivity contribution in [1.82, 2.24) is 4.90 Å². The summed E-state index contributed by atoms with van der Waals surface area (Å²) in [4.78, 5) is 13.9. The minimum absolute atomic E-state index is 0.163. The fraction of sp³-hybridized carbons (Fsp3) is 0.321. The number of aryl methyl sites for hydroxylation is 2. The van der Waals surface area contributed by atoms with E-state index < -0.39 is 0 Å². The van der Waals surface area contributed by atoms with Crippen LogP contribution in [-0.4, -0.2) is 43.7 Å². The molecule has 1 amide bonds. The fourth-order valence-corrected chi connectivity index (χ4v) is 3.41. The molecule has 0 aliphatic carbocycles. The molecular formula is C28H29Cl2NO4. The first-order chi connectivity index (χ1) is 16.9. The summed E-state index contributed by atoms with van der Waals surface area (Å²) in [6.07, 6.45) is 13.7. The van der Waals surface area contributed by atoms with Gasteiger partial charge in [-0.3, -0.25) is 4.79 Å². The number of terminal acetylenes is 2. The maximum absolute atomic E-state index is 12.5. The number of amides is 1. The molecule has 0 aromatic heterocycles. The van der Waals surface area contributed by atoms with Crippen molar-refractivity contribution in [3.8, 4) is 41.9 Å². The average Bonchev–Trinajstić information content (AvgIpc) is 2.84. The Morgan fingerprint density at radius 1 is 1.00 bits per heavy atom. The Kier molecular flexibility index (Phi) is 11.9. The first-order valence-corrected chi connectivity index (χ1v) is 11.9. The largest absolute Gasteiger partial charge is 0.493 e. The maximum Gasteiger partial charge on any atom is 0.255 e. The Balaban J connectivity index is 1.85. The minimum atomic E-state index is -0.210. The standard InChI is InChI=1S/C28H29Cl2NO4/c1-5-14-31(15-6-2)28(32)23-9-11-24(12-10-23)33-16-8-17-35-27-21(4)19-25(20-22(27)7-3)34-18-13-26(29)30/h1-2,9-13,19-20H,7-8,14-18H2,3-4H3. The number of ether oxygens (including phenoxy) is 3. The third-order valence-electron chi connectivity index (χ3n) is 4.95. The van der Waals surface area contributed by atoms with Crippen LogP contribution < -0.4 is 14.2 Å². The second-order valence-electron chi connectivity index (χ2n) is 7.53. The van der Waals surface area contributed by atoms with Gasteiger partial charge in [0.05, 0.1) is 26.3 Å². The van der Waals surface area contributed by atoms with E-state index in [9.17, 15) is 4.79 Å². The maximum atomic E-state index is 12.5. The van der Waals surface area contributed by atoms with Crippen LogP contribution in [0.25, 0.3) is 0 Å². The van der Waals surface area contributed by atoms with Gasteiger partial charge in [0, 0.05) is 12.0 Å². The summed E-state index contributed by atoms with van der Waals surface area (Å²) >= 11 is 11.2. The molecule has 0 atom stereocenters. The van der Waals surface area contributed by atoms with Gasteiger partial charge < -0.3 is 19.1 Å². The SMILES string of the molecule is C#CCN(CC#C)C(=O)c1ccc(OCCCOc2c(C)cc(OCC=C(Cl)Cl)cc2CC)cc1. The molecule has 0 saturated carbocycles. The van der Waals surface area contributed by atoms with Gasteiger partial charge in [0.25, 0.3) is 5.91 Å². The van der Waals surface area contributed by atoms with Crippen LogP contribution in [0, 0.1) is 31.6 Å². The van der Waals surface area contributed by atoms with Crippen LogP contribution in [0.1, 0.15) is 34.8 Å². The van der Waals surface area contributed by atoms with E-state index in [1.807, 2.05) is 19.1 Å². The molecule has 0 spiro atoms. The number of halogens is 2.